The topological polar surface area (TPSA) is 122 Å². The van der Waals surface area contributed by atoms with Crippen molar-refractivity contribution in [3.8, 4) is 5.75 Å². The van der Waals surface area contributed by atoms with E-state index < -0.39 is 31.5 Å². The molecule has 0 bridgehead atoms. The van der Waals surface area contributed by atoms with Crippen molar-refractivity contribution in [2.24, 2.45) is 0 Å². The smallest absolute Gasteiger partial charge is 0.470 e. The molecule has 2 aromatic rings. The molecule has 0 radical (unpaired) electrons. The fraction of sp³-hybridized carbons (Fsp3) is 0.300. The van der Waals surface area contributed by atoms with Crippen LogP contribution in [0, 0.1) is 0 Å². The lowest BCUT2D eigenvalue weighted by molar-refractivity contribution is -0.0597. The first kappa shape index (κ1) is 23.7. The predicted molar refractivity (Wildman–Crippen MR) is 115 cm³/mol. The normalized spacial score (nSPS) is 19.8. The molecule has 0 fully saturated rings. The van der Waals surface area contributed by atoms with Gasteiger partial charge in [0, 0.05) is 11.1 Å². The van der Waals surface area contributed by atoms with E-state index in [1.165, 1.54) is 25.1 Å². The highest BCUT2D eigenvalue weighted by atomic mass is 35.5. The summed E-state index contributed by atoms with van der Waals surface area (Å²) in [5.74, 6) is -0.542. The summed E-state index contributed by atoms with van der Waals surface area (Å²) in [5, 5.41) is 2.91. The molecule has 1 aliphatic rings. The lowest BCUT2D eigenvalue weighted by atomic mass is 9.85. The van der Waals surface area contributed by atoms with Crippen LogP contribution in [0.25, 0.3) is 0 Å². The number of benzene rings is 2. The van der Waals surface area contributed by atoms with Gasteiger partial charge >= 0.3 is 7.82 Å². The summed E-state index contributed by atoms with van der Waals surface area (Å²) in [5.41, 5.74) is -0.520. The molecule has 166 valence electrons. The Morgan fingerprint density at radius 1 is 1.19 bits per heavy atom. The van der Waals surface area contributed by atoms with Gasteiger partial charge in [0.1, 0.15) is 17.5 Å². The second-order valence-corrected chi connectivity index (χ2v) is 9.56. The van der Waals surface area contributed by atoms with Crippen LogP contribution in [0.3, 0.4) is 0 Å². The van der Waals surface area contributed by atoms with Gasteiger partial charge in [0.25, 0.3) is 5.91 Å². The van der Waals surface area contributed by atoms with Crippen LogP contribution >= 0.6 is 31.0 Å². The van der Waals surface area contributed by atoms with E-state index in [-0.39, 0.29) is 21.4 Å². The molecule has 3 N–H and O–H groups in total. The summed E-state index contributed by atoms with van der Waals surface area (Å²) in [7, 11) is -4.97. The molecule has 11 heteroatoms. The molecule has 0 saturated heterocycles. The number of carbonyl (C=O) groups excluding carboxylic acids is 2. The highest BCUT2D eigenvalue weighted by Gasteiger charge is 2.48. The van der Waals surface area contributed by atoms with Gasteiger partial charge in [-0.05, 0) is 51.1 Å². The third kappa shape index (κ3) is 5.12. The maximum atomic E-state index is 13.0. The Kier molecular flexibility index (Phi) is 6.54. The molecule has 0 aliphatic carbocycles. The quantitative estimate of drug-likeness (QED) is 0.424. The summed E-state index contributed by atoms with van der Waals surface area (Å²) in [4.78, 5) is 43.9. The zero-order valence-electron chi connectivity index (χ0n) is 16.8. The van der Waals surface area contributed by atoms with Crippen molar-refractivity contribution in [1.29, 1.82) is 0 Å². The van der Waals surface area contributed by atoms with Crippen molar-refractivity contribution in [1.82, 2.24) is 5.32 Å². The van der Waals surface area contributed by atoms with E-state index in [1.807, 2.05) is 0 Å². The summed E-state index contributed by atoms with van der Waals surface area (Å²) < 4.78 is 22.6. The Morgan fingerprint density at radius 2 is 1.87 bits per heavy atom. The molecular weight excluding hydrogens is 468 g/mol. The average Bonchev–Trinajstić information content (AvgIpc) is 2.65. The minimum absolute atomic E-state index is 0.0261. The van der Waals surface area contributed by atoms with Crippen molar-refractivity contribution in [2.75, 3.05) is 0 Å². The lowest BCUT2D eigenvalue weighted by Gasteiger charge is -2.44. The molecule has 1 amide bonds. The molecular formula is C20H20Cl2NO7P. The maximum Gasteiger partial charge on any atom is 0.470 e. The number of ketones is 1. The number of phosphoric acid groups is 1. The Labute approximate surface area is 188 Å². The van der Waals surface area contributed by atoms with E-state index in [0.717, 1.165) is 0 Å². The van der Waals surface area contributed by atoms with Gasteiger partial charge in [-0.1, -0.05) is 29.3 Å². The number of halogens is 2. The Morgan fingerprint density at radius 3 is 2.48 bits per heavy atom. The Hall–Kier alpha value is -1.93. The first-order chi connectivity index (χ1) is 14.3. The number of rotatable bonds is 5. The van der Waals surface area contributed by atoms with Crippen molar-refractivity contribution >= 4 is 42.7 Å². The number of carbonyl (C=O) groups is 2. The standard InChI is InChI=1S/C20H20Cl2NO7P/c1-10(24)11-7-8-15-13(9-11)17(18(20(2,3)29-15)30-31(26,27)28)23-19(25)12-5-4-6-14(21)16(12)22/h4-9,17-18H,1-3H3,(H,23,25)(H2,26,27,28)/t17-,18+/m0/s1. The van der Waals surface area contributed by atoms with E-state index in [2.05, 4.69) is 5.32 Å². The van der Waals surface area contributed by atoms with Crippen molar-refractivity contribution < 1.29 is 33.2 Å². The van der Waals surface area contributed by atoms with Gasteiger partial charge in [-0.25, -0.2) is 4.57 Å². The fourth-order valence-corrected chi connectivity index (χ4v) is 4.45. The van der Waals surface area contributed by atoms with Gasteiger partial charge in [0.15, 0.2) is 5.78 Å². The molecule has 2 aromatic carbocycles. The zero-order valence-corrected chi connectivity index (χ0v) is 19.2. The van der Waals surface area contributed by atoms with Crippen LogP contribution in [0.2, 0.25) is 10.0 Å². The van der Waals surface area contributed by atoms with E-state index in [4.69, 9.17) is 32.5 Å². The monoisotopic (exact) mass is 487 g/mol. The van der Waals surface area contributed by atoms with Crippen LogP contribution in [0.4, 0.5) is 0 Å². The van der Waals surface area contributed by atoms with Crippen molar-refractivity contribution in [3.05, 3.63) is 63.1 Å². The van der Waals surface area contributed by atoms with Crippen LogP contribution in [-0.2, 0) is 9.09 Å². The molecule has 1 aliphatic heterocycles. The van der Waals surface area contributed by atoms with Gasteiger partial charge in [-0.3, -0.25) is 14.1 Å². The molecule has 8 nitrogen and oxygen atoms in total. The van der Waals surface area contributed by atoms with Crippen LogP contribution in [0.15, 0.2) is 36.4 Å². The SMILES string of the molecule is CC(=O)c1ccc2c(c1)[C@H](NC(=O)c1cccc(Cl)c1Cl)[C@@H](OP(=O)(O)O)C(C)(C)O2. The molecule has 2 atom stereocenters. The molecule has 1 heterocycles. The van der Waals surface area contributed by atoms with E-state index in [0.29, 0.717) is 16.9 Å². The zero-order chi connectivity index (χ0) is 23.1. The van der Waals surface area contributed by atoms with Gasteiger partial charge in [-0.2, -0.15) is 0 Å². The van der Waals surface area contributed by atoms with Crippen LogP contribution in [0.1, 0.15) is 53.1 Å². The summed E-state index contributed by atoms with van der Waals surface area (Å²) in [6.07, 6.45) is -1.30. The third-order valence-electron chi connectivity index (χ3n) is 4.85. The predicted octanol–water partition coefficient (Wildman–Crippen LogP) is 4.32. The maximum absolute atomic E-state index is 13.0. The van der Waals surface area contributed by atoms with E-state index >= 15 is 0 Å². The van der Waals surface area contributed by atoms with Crippen molar-refractivity contribution in [3.63, 3.8) is 0 Å². The third-order valence-corrected chi connectivity index (χ3v) is 6.17. The number of fused-ring (bicyclic) bond motifs is 1. The fourth-order valence-electron chi connectivity index (χ4n) is 3.40. The molecule has 0 unspecified atom stereocenters. The lowest BCUT2D eigenvalue weighted by Crippen LogP contribution is -2.54. The van der Waals surface area contributed by atoms with Crippen LogP contribution < -0.4 is 10.1 Å². The highest BCUT2D eigenvalue weighted by molar-refractivity contribution is 7.46. The van der Waals surface area contributed by atoms with Gasteiger partial charge in [0.2, 0.25) is 0 Å². The highest BCUT2D eigenvalue weighted by Crippen LogP contribution is 2.49. The first-order valence-electron chi connectivity index (χ1n) is 9.13. The first-order valence-corrected chi connectivity index (χ1v) is 11.4. The number of phosphoric ester groups is 1. The second-order valence-electron chi connectivity index (χ2n) is 7.58. The van der Waals surface area contributed by atoms with Gasteiger partial charge in [-0.15, -0.1) is 0 Å². The Balaban J connectivity index is 2.12. The van der Waals surface area contributed by atoms with E-state index in [1.54, 1.807) is 32.0 Å². The number of amides is 1. The number of nitrogens with one attached hydrogen (secondary N) is 1. The summed E-state index contributed by atoms with van der Waals surface area (Å²) >= 11 is 12.2. The van der Waals surface area contributed by atoms with Gasteiger partial charge < -0.3 is 19.8 Å². The molecule has 3 rings (SSSR count). The van der Waals surface area contributed by atoms with Gasteiger partial charge in [0.05, 0.1) is 21.7 Å². The minimum atomic E-state index is -4.97. The molecule has 0 saturated carbocycles. The number of hydrogen-bond acceptors (Lipinski definition) is 5. The minimum Gasteiger partial charge on any atom is -0.485 e. The second kappa shape index (κ2) is 8.54. The Bertz CT molecular complexity index is 1100. The average molecular weight is 488 g/mol. The molecule has 0 aromatic heterocycles. The summed E-state index contributed by atoms with van der Waals surface area (Å²) in [6, 6.07) is 8.07. The number of ether oxygens (including phenoxy) is 1. The summed E-state index contributed by atoms with van der Waals surface area (Å²) in [6.45, 7) is 4.51. The van der Waals surface area contributed by atoms with Crippen LogP contribution in [0.5, 0.6) is 5.75 Å². The largest absolute Gasteiger partial charge is 0.485 e. The van der Waals surface area contributed by atoms with Crippen molar-refractivity contribution in [2.45, 2.75) is 38.5 Å². The number of Topliss-reactive ketones (excluding diaryl/α,β-unsaturated/α-hetero) is 1. The van der Waals surface area contributed by atoms with Crippen LogP contribution in [-0.4, -0.2) is 33.2 Å². The van der Waals surface area contributed by atoms with E-state index in [9.17, 15) is 23.9 Å². The molecule has 0 spiro atoms. The number of hydrogen-bond donors (Lipinski definition) is 3. The molecule has 31 heavy (non-hydrogen) atoms.